The Kier molecular flexibility index (Phi) is 9.14. The summed E-state index contributed by atoms with van der Waals surface area (Å²) in [5, 5.41) is 18.1. The van der Waals surface area contributed by atoms with E-state index in [1.807, 2.05) is 40.7 Å². The van der Waals surface area contributed by atoms with E-state index in [1.54, 1.807) is 23.9 Å². The first-order chi connectivity index (χ1) is 15.8. The van der Waals surface area contributed by atoms with Crippen molar-refractivity contribution >= 4 is 12.3 Å². The molecule has 10 heteroatoms. The lowest BCUT2D eigenvalue weighted by molar-refractivity contribution is 0.151. The van der Waals surface area contributed by atoms with Crippen molar-refractivity contribution in [2.24, 2.45) is 5.10 Å². The highest BCUT2D eigenvalue weighted by molar-refractivity contribution is 5.64. The number of halogens is 2. The minimum Gasteiger partial charge on any atom is -0.470 e. The maximum atomic E-state index is 12.8. The van der Waals surface area contributed by atoms with E-state index in [0.29, 0.717) is 28.7 Å². The Balaban J connectivity index is 0.00000187. The van der Waals surface area contributed by atoms with Gasteiger partial charge in [0.25, 0.3) is 6.43 Å². The number of ether oxygens (including phenoxy) is 1. The molecule has 3 rings (SSSR count). The summed E-state index contributed by atoms with van der Waals surface area (Å²) in [4.78, 5) is 4.13. The van der Waals surface area contributed by atoms with Crippen LogP contribution >= 0.6 is 0 Å². The van der Waals surface area contributed by atoms with Crippen molar-refractivity contribution in [2.45, 2.75) is 41.0 Å². The molecule has 0 aliphatic heterocycles. The van der Waals surface area contributed by atoms with Crippen molar-refractivity contribution in [3.8, 4) is 11.7 Å². The molecule has 3 aromatic rings. The summed E-state index contributed by atoms with van der Waals surface area (Å²) in [5.41, 5.74) is 3.59. The normalized spacial score (nSPS) is 11.4. The molecule has 0 aliphatic rings. The van der Waals surface area contributed by atoms with Crippen molar-refractivity contribution in [2.75, 3.05) is 13.7 Å². The van der Waals surface area contributed by atoms with Gasteiger partial charge in [0.1, 0.15) is 6.61 Å². The summed E-state index contributed by atoms with van der Waals surface area (Å²) in [7, 11) is 1.71. The van der Waals surface area contributed by atoms with E-state index in [-0.39, 0.29) is 12.2 Å². The lowest BCUT2D eigenvalue weighted by Crippen LogP contribution is -2.19. The second kappa shape index (κ2) is 11.8. The van der Waals surface area contributed by atoms with Gasteiger partial charge >= 0.3 is 0 Å². The van der Waals surface area contributed by atoms with Crippen LogP contribution in [0.25, 0.3) is 11.4 Å². The number of aryl methyl sites for hydroxylation is 2. The average Bonchev–Trinajstić information content (AvgIpc) is 3.18. The fourth-order valence-corrected chi connectivity index (χ4v) is 2.94. The SMILES string of the molecule is C=NN(C)/C(COc1ccc(-n2nc(C)cc2C)nn1)=C(\C)c1ccc(C(F)F)cn1.CC. The van der Waals surface area contributed by atoms with Crippen molar-refractivity contribution < 1.29 is 13.5 Å². The molecule has 0 saturated carbocycles. The third-order valence-electron chi connectivity index (χ3n) is 4.67. The van der Waals surface area contributed by atoms with Crippen LogP contribution in [0.4, 0.5) is 8.78 Å². The molecule has 0 aliphatic carbocycles. The number of hydrazone groups is 1. The molecule has 33 heavy (non-hydrogen) atoms. The summed E-state index contributed by atoms with van der Waals surface area (Å²) < 4.78 is 33.1. The zero-order chi connectivity index (χ0) is 24.5. The van der Waals surface area contributed by atoms with Crippen LogP contribution in [-0.4, -0.2) is 50.3 Å². The van der Waals surface area contributed by atoms with Crippen molar-refractivity contribution in [3.63, 3.8) is 0 Å². The van der Waals surface area contributed by atoms with Gasteiger partial charge in [-0.1, -0.05) is 13.8 Å². The Morgan fingerprint density at radius 1 is 1.18 bits per heavy atom. The van der Waals surface area contributed by atoms with E-state index in [9.17, 15) is 8.78 Å². The zero-order valence-electron chi connectivity index (χ0n) is 19.8. The monoisotopic (exact) mass is 457 g/mol. The molecule has 176 valence electrons. The van der Waals surface area contributed by atoms with Gasteiger partial charge in [-0.05, 0) is 50.6 Å². The molecule has 0 atom stereocenters. The Morgan fingerprint density at radius 3 is 2.39 bits per heavy atom. The highest BCUT2D eigenvalue weighted by Crippen LogP contribution is 2.23. The van der Waals surface area contributed by atoms with E-state index >= 15 is 0 Å². The van der Waals surface area contributed by atoms with E-state index in [2.05, 4.69) is 32.1 Å². The zero-order valence-corrected chi connectivity index (χ0v) is 19.8. The molecule has 3 heterocycles. The predicted octanol–water partition coefficient (Wildman–Crippen LogP) is 5.00. The molecule has 0 bridgehead atoms. The molecular weight excluding hydrogens is 428 g/mol. The Labute approximate surface area is 192 Å². The maximum Gasteiger partial charge on any atom is 0.265 e. The van der Waals surface area contributed by atoms with Gasteiger partial charge in [-0.15, -0.1) is 10.2 Å². The Morgan fingerprint density at radius 2 is 1.91 bits per heavy atom. The second-order valence-corrected chi connectivity index (χ2v) is 6.87. The summed E-state index contributed by atoms with van der Waals surface area (Å²) in [5.74, 6) is 0.896. The molecule has 0 N–H and O–H groups in total. The van der Waals surface area contributed by atoms with E-state index in [0.717, 1.165) is 17.6 Å². The predicted molar refractivity (Wildman–Crippen MR) is 125 cm³/mol. The van der Waals surface area contributed by atoms with Gasteiger partial charge in [0, 0.05) is 37.3 Å². The maximum absolute atomic E-state index is 12.8. The number of allylic oxidation sites excluding steroid dienone is 1. The number of hydrogen-bond donors (Lipinski definition) is 0. The van der Waals surface area contributed by atoms with Crippen LogP contribution < -0.4 is 4.74 Å². The van der Waals surface area contributed by atoms with Crippen LogP contribution in [0.2, 0.25) is 0 Å². The Bertz CT molecular complexity index is 1080. The van der Waals surface area contributed by atoms with Gasteiger partial charge in [0.05, 0.1) is 17.1 Å². The standard InChI is InChI=1S/C21H23F2N7O.C2H6/c1-13-10-14(2)30(28-13)19-8-9-20(27-26-19)31-12-18(29(5)24-4)15(3)17-7-6-16(11-25-17)21(22)23;1-2/h6-11,21H,4,12H2,1-3,5H3;1-2H3/b18-15+;. The largest absolute Gasteiger partial charge is 0.470 e. The van der Waals surface area contributed by atoms with Gasteiger partial charge in [-0.25, -0.2) is 13.5 Å². The molecule has 0 aromatic carbocycles. The fraction of sp³-hybridized carbons (Fsp3) is 0.348. The van der Waals surface area contributed by atoms with Crippen LogP contribution in [0.3, 0.4) is 0 Å². The number of likely N-dealkylation sites (N-methyl/N-ethyl adjacent to an activating group) is 1. The van der Waals surface area contributed by atoms with Gasteiger partial charge in [0.2, 0.25) is 5.88 Å². The van der Waals surface area contributed by atoms with Crippen molar-refractivity contribution in [3.05, 3.63) is 64.9 Å². The summed E-state index contributed by atoms with van der Waals surface area (Å²) >= 11 is 0. The lowest BCUT2D eigenvalue weighted by Gasteiger charge is -2.20. The van der Waals surface area contributed by atoms with E-state index in [4.69, 9.17) is 4.74 Å². The van der Waals surface area contributed by atoms with Gasteiger partial charge in [0.15, 0.2) is 5.82 Å². The second-order valence-electron chi connectivity index (χ2n) is 6.87. The lowest BCUT2D eigenvalue weighted by atomic mass is 10.1. The topological polar surface area (TPSA) is 81.3 Å². The first-order valence-corrected chi connectivity index (χ1v) is 10.4. The van der Waals surface area contributed by atoms with Crippen LogP contribution in [0, 0.1) is 13.8 Å². The molecule has 0 unspecified atom stereocenters. The molecule has 0 amide bonds. The van der Waals surface area contributed by atoms with Crippen LogP contribution in [0.5, 0.6) is 5.88 Å². The van der Waals surface area contributed by atoms with Gasteiger partial charge in [-0.3, -0.25) is 9.99 Å². The third kappa shape index (κ3) is 6.41. The molecule has 0 fully saturated rings. The van der Waals surface area contributed by atoms with Crippen molar-refractivity contribution in [1.29, 1.82) is 0 Å². The van der Waals surface area contributed by atoms with E-state index < -0.39 is 6.43 Å². The minimum atomic E-state index is -2.57. The van der Waals surface area contributed by atoms with Gasteiger partial charge in [-0.2, -0.15) is 10.2 Å². The smallest absolute Gasteiger partial charge is 0.265 e. The highest BCUT2D eigenvalue weighted by atomic mass is 19.3. The third-order valence-corrected chi connectivity index (χ3v) is 4.67. The highest BCUT2D eigenvalue weighted by Gasteiger charge is 2.14. The number of nitrogens with zero attached hydrogens (tertiary/aromatic N) is 7. The molecular formula is C23H29F2N7O. The number of rotatable bonds is 8. The summed E-state index contributed by atoms with van der Waals surface area (Å²) in [6.45, 7) is 13.3. The first kappa shape index (κ1) is 25.6. The summed E-state index contributed by atoms with van der Waals surface area (Å²) in [6, 6.07) is 8.29. The van der Waals surface area contributed by atoms with Gasteiger partial charge < -0.3 is 4.74 Å². The molecule has 0 saturated heterocycles. The first-order valence-electron chi connectivity index (χ1n) is 10.4. The molecule has 3 aromatic heterocycles. The van der Waals surface area contributed by atoms with Crippen LogP contribution in [-0.2, 0) is 0 Å². The quantitative estimate of drug-likeness (QED) is 0.350. The number of hydrogen-bond acceptors (Lipinski definition) is 7. The number of pyridine rings is 1. The fourth-order valence-electron chi connectivity index (χ4n) is 2.94. The minimum absolute atomic E-state index is 0.105. The van der Waals surface area contributed by atoms with Crippen molar-refractivity contribution in [1.82, 2.24) is 30.0 Å². The number of alkyl halides is 2. The summed E-state index contributed by atoms with van der Waals surface area (Å²) in [6.07, 6.45) is -1.41. The van der Waals surface area contributed by atoms with Crippen LogP contribution in [0.1, 0.15) is 49.8 Å². The molecule has 0 radical (unpaired) electrons. The van der Waals surface area contributed by atoms with Crippen LogP contribution in [0.15, 0.2) is 47.3 Å². The average molecular weight is 458 g/mol. The van der Waals surface area contributed by atoms with E-state index in [1.165, 1.54) is 17.1 Å². The molecule has 8 nitrogen and oxygen atoms in total. The molecule has 0 spiro atoms. The number of aromatic nitrogens is 5. The Hall–Kier alpha value is -3.69.